The monoisotopic (exact) mass is 195 g/mol. The van der Waals surface area contributed by atoms with E-state index in [1.54, 1.807) is 6.20 Å². The summed E-state index contributed by atoms with van der Waals surface area (Å²) in [7, 11) is 0. The average Bonchev–Trinajstić information content (AvgIpc) is 1.69. The Labute approximate surface area is 81.8 Å². The third-order valence-electron chi connectivity index (χ3n) is 0.726. The third-order valence-corrected chi connectivity index (χ3v) is 0.726. The zero-order valence-corrected chi connectivity index (χ0v) is 8.05. The number of halogens is 1. The minimum absolute atomic E-state index is 0. The average molecular weight is 196 g/mol. The fourth-order valence-electron chi connectivity index (χ4n) is 0.398. The van der Waals surface area contributed by atoms with Crippen molar-refractivity contribution in [1.82, 2.24) is 4.98 Å². The van der Waals surface area contributed by atoms with Crippen molar-refractivity contribution in [3.63, 3.8) is 0 Å². The molecular formula is C6H6BrMgN. The summed E-state index contributed by atoms with van der Waals surface area (Å²) in [5.74, 6) is 0. The molecule has 0 atom stereocenters. The van der Waals surface area contributed by atoms with Crippen LogP contribution in [0, 0.1) is 6.92 Å². The minimum Gasteiger partial charge on any atom is -1.00 e. The van der Waals surface area contributed by atoms with Gasteiger partial charge in [-0.3, -0.25) is 4.98 Å². The molecule has 9 heavy (non-hydrogen) atoms. The van der Waals surface area contributed by atoms with Crippen LogP contribution in [0.5, 0.6) is 0 Å². The van der Waals surface area contributed by atoms with E-state index in [4.69, 9.17) is 0 Å². The summed E-state index contributed by atoms with van der Waals surface area (Å²) in [4.78, 5) is 3.87. The first kappa shape index (κ1) is 12.0. The predicted octanol–water partition coefficient (Wildman–Crippen LogP) is -2.11. The van der Waals surface area contributed by atoms with Crippen molar-refractivity contribution < 1.29 is 17.0 Å². The Kier molecular flexibility index (Phi) is 8.51. The van der Waals surface area contributed by atoms with Gasteiger partial charge in [0.1, 0.15) is 0 Å². The Bertz CT molecular complexity index is 143. The van der Waals surface area contributed by atoms with Crippen molar-refractivity contribution in [2.75, 3.05) is 0 Å². The van der Waals surface area contributed by atoms with E-state index in [2.05, 4.69) is 11.9 Å². The molecule has 0 radical (unpaired) electrons. The molecule has 0 aliphatic carbocycles. The molecule has 1 heterocycles. The fourth-order valence-corrected chi connectivity index (χ4v) is 0.398. The molecule has 0 saturated heterocycles. The zero-order valence-electron chi connectivity index (χ0n) is 5.05. The van der Waals surface area contributed by atoms with Crippen molar-refractivity contribution in [3.05, 3.63) is 37.0 Å². The second-order valence-corrected chi connectivity index (χ2v) is 1.32. The van der Waals surface area contributed by atoms with Gasteiger partial charge < -0.3 is 17.0 Å². The van der Waals surface area contributed by atoms with Crippen LogP contribution >= 0.6 is 0 Å². The molecule has 1 aromatic heterocycles. The van der Waals surface area contributed by atoms with E-state index in [9.17, 15) is 0 Å². The topological polar surface area (TPSA) is 12.9 Å². The summed E-state index contributed by atoms with van der Waals surface area (Å²) >= 11 is 0. The van der Waals surface area contributed by atoms with Gasteiger partial charge in [-0.25, -0.2) is 6.92 Å². The van der Waals surface area contributed by atoms with Crippen molar-refractivity contribution in [3.8, 4) is 0 Å². The van der Waals surface area contributed by atoms with Crippen LogP contribution in [0.4, 0.5) is 0 Å². The van der Waals surface area contributed by atoms with Gasteiger partial charge in [0.15, 0.2) is 0 Å². The van der Waals surface area contributed by atoms with Crippen LogP contribution in [-0.4, -0.2) is 28.0 Å². The van der Waals surface area contributed by atoms with Gasteiger partial charge in [0.25, 0.3) is 0 Å². The quantitative estimate of drug-likeness (QED) is 0.342. The van der Waals surface area contributed by atoms with Gasteiger partial charge in [0, 0.05) is 6.20 Å². The van der Waals surface area contributed by atoms with E-state index < -0.39 is 0 Å². The van der Waals surface area contributed by atoms with Gasteiger partial charge >= 0.3 is 23.1 Å². The summed E-state index contributed by atoms with van der Waals surface area (Å²) in [6.45, 7) is 3.61. The molecule has 1 rings (SSSR count). The normalized spacial score (nSPS) is 6.67. The third kappa shape index (κ3) is 4.75. The molecule has 44 valence electrons. The van der Waals surface area contributed by atoms with Crippen LogP contribution in [0.1, 0.15) is 5.69 Å². The van der Waals surface area contributed by atoms with E-state index >= 15 is 0 Å². The zero-order chi connectivity index (χ0) is 5.11. The van der Waals surface area contributed by atoms with E-state index in [0.29, 0.717) is 0 Å². The maximum Gasteiger partial charge on any atom is 2.00 e. The Morgan fingerprint density at radius 2 is 2.00 bits per heavy atom. The molecule has 0 N–H and O–H groups in total. The van der Waals surface area contributed by atoms with E-state index in [-0.39, 0.29) is 40.0 Å². The molecule has 0 spiro atoms. The fraction of sp³-hybridized carbons (Fsp3) is 0. The molecule has 0 aliphatic heterocycles. The SMILES string of the molecule is [Br-].[CH2-]c1ccccn1.[Mg+2]. The maximum absolute atomic E-state index is 3.87. The molecule has 0 bridgehead atoms. The molecule has 0 saturated carbocycles. The van der Waals surface area contributed by atoms with Crippen molar-refractivity contribution >= 4 is 23.1 Å². The summed E-state index contributed by atoms with van der Waals surface area (Å²) in [5.41, 5.74) is 0.822. The number of pyridine rings is 1. The van der Waals surface area contributed by atoms with Crippen molar-refractivity contribution in [1.29, 1.82) is 0 Å². The van der Waals surface area contributed by atoms with Crippen LogP contribution in [0.25, 0.3) is 0 Å². The second-order valence-electron chi connectivity index (χ2n) is 1.32. The largest absolute Gasteiger partial charge is 2.00 e. The molecular weight excluding hydrogens is 190 g/mol. The van der Waals surface area contributed by atoms with Crippen LogP contribution in [-0.2, 0) is 0 Å². The molecule has 0 fully saturated rings. The molecule has 1 nitrogen and oxygen atoms in total. The van der Waals surface area contributed by atoms with Gasteiger partial charge in [-0.2, -0.15) is 6.07 Å². The van der Waals surface area contributed by atoms with Crippen LogP contribution in [0.2, 0.25) is 0 Å². The maximum atomic E-state index is 3.87. The van der Waals surface area contributed by atoms with Crippen LogP contribution < -0.4 is 17.0 Å². The van der Waals surface area contributed by atoms with Crippen LogP contribution in [0.15, 0.2) is 24.4 Å². The Balaban J connectivity index is 0. The van der Waals surface area contributed by atoms with Gasteiger partial charge in [-0.15, -0.1) is 11.8 Å². The molecule has 0 aromatic carbocycles. The Morgan fingerprint density at radius 1 is 1.33 bits per heavy atom. The smallest absolute Gasteiger partial charge is 1.00 e. The number of rotatable bonds is 0. The van der Waals surface area contributed by atoms with Crippen molar-refractivity contribution in [2.45, 2.75) is 0 Å². The Hall–Kier alpha value is 0.266. The number of hydrogen-bond acceptors (Lipinski definition) is 1. The van der Waals surface area contributed by atoms with Crippen molar-refractivity contribution in [2.24, 2.45) is 0 Å². The molecule has 0 amide bonds. The molecule has 0 unspecified atom stereocenters. The van der Waals surface area contributed by atoms with Crippen LogP contribution in [0.3, 0.4) is 0 Å². The molecule has 1 aromatic rings. The van der Waals surface area contributed by atoms with E-state index in [1.165, 1.54) is 0 Å². The number of hydrogen-bond donors (Lipinski definition) is 0. The molecule has 3 heteroatoms. The van der Waals surface area contributed by atoms with Gasteiger partial charge in [-0.1, -0.05) is 6.07 Å². The second kappa shape index (κ2) is 6.39. The van der Waals surface area contributed by atoms with Gasteiger partial charge in [0.05, 0.1) is 0 Å². The standard InChI is InChI=1S/C6H6N.BrH.Mg/c1-6-4-2-3-5-7-6;;/h2-5H,1H2;1H;/q-1;;+2/p-1. The first-order chi connectivity index (χ1) is 3.39. The summed E-state index contributed by atoms with van der Waals surface area (Å²) in [6.07, 6.45) is 1.72. The van der Waals surface area contributed by atoms with E-state index in [0.717, 1.165) is 5.69 Å². The number of nitrogens with zero attached hydrogens (tertiary/aromatic N) is 1. The molecule has 0 aliphatic rings. The van der Waals surface area contributed by atoms with Gasteiger partial charge in [0.2, 0.25) is 0 Å². The summed E-state index contributed by atoms with van der Waals surface area (Å²) < 4.78 is 0. The summed E-state index contributed by atoms with van der Waals surface area (Å²) in [5, 5.41) is 0. The Morgan fingerprint density at radius 3 is 2.22 bits per heavy atom. The van der Waals surface area contributed by atoms with E-state index in [1.807, 2.05) is 18.2 Å². The van der Waals surface area contributed by atoms with Gasteiger partial charge in [-0.05, 0) is 0 Å². The first-order valence-corrected chi connectivity index (χ1v) is 2.12. The minimum atomic E-state index is 0. The predicted molar refractivity (Wildman–Crippen MR) is 34.4 cm³/mol. The number of aromatic nitrogens is 1. The first-order valence-electron chi connectivity index (χ1n) is 2.12. The summed E-state index contributed by atoms with van der Waals surface area (Å²) in [6, 6.07) is 5.64.